The summed E-state index contributed by atoms with van der Waals surface area (Å²) in [6, 6.07) is -0.0366. The van der Waals surface area contributed by atoms with Gasteiger partial charge in [-0.1, -0.05) is 78.6 Å². The van der Waals surface area contributed by atoms with Crippen molar-refractivity contribution in [1.82, 2.24) is 26.2 Å². The second-order valence-corrected chi connectivity index (χ2v) is 34.5. The van der Waals surface area contributed by atoms with Crippen LogP contribution in [0.15, 0.2) is 0 Å². The number of esters is 2. The summed E-state index contributed by atoms with van der Waals surface area (Å²) in [5, 5.41) is 101. The molecule has 17 atom stereocenters. The van der Waals surface area contributed by atoms with Crippen LogP contribution in [0.3, 0.4) is 0 Å². The summed E-state index contributed by atoms with van der Waals surface area (Å²) in [4.78, 5) is 132. The molecule has 0 spiro atoms. The molecule has 0 aromatic carbocycles. The van der Waals surface area contributed by atoms with Crippen molar-refractivity contribution in [1.29, 1.82) is 0 Å². The molecular weight excluding hydrogens is 1660 g/mol. The van der Waals surface area contributed by atoms with E-state index in [4.69, 9.17) is 61.6 Å². The van der Waals surface area contributed by atoms with Crippen LogP contribution in [0.1, 0.15) is 265 Å². The van der Waals surface area contributed by atoms with Crippen LogP contribution in [0.4, 0.5) is 4.79 Å². The minimum atomic E-state index is -1.23. The number of hydrogen-bond donors (Lipinski definition) is 13. The van der Waals surface area contributed by atoms with Crippen LogP contribution < -0.4 is 21.3 Å². The number of amides is 5. The van der Waals surface area contributed by atoms with E-state index >= 15 is 0 Å². The molecule has 0 saturated carbocycles. The van der Waals surface area contributed by atoms with Crippen LogP contribution >= 0.6 is 0 Å². The highest BCUT2D eigenvalue weighted by Crippen LogP contribution is 2.40. The van der Waals surface area contributed by atoms with Crippen molar-refractivity contribution < 1.29 is 155 Å². The fourth-order valence-electron chi connectivity index (χ4n) is 16.1. The fourth-order valence-corrected chi connectivity index (χ4v) is 16.1. The predicted molar refractivity (Wildman–Crippen MR) is 462 cm³/mol. The van der Waals surface area contributed by atoms with Gasteiger partial charge in [-0.05, 0) is 121 Å². The van der Waals surface area contributed by atoms with Crippen molar-refractivity contribution in [3.63, 3.8) is 0 Å². The first-order chi connectivity index (χ1) is 61.2. The first kappa shape index (κ1) is 114. The number of aliphatic hydroxyl groups excluding tert-OH is 9. The number of nitrogens with one attached hydrogen (secondary N) is 4. The first-order valence-corrected chi connectivity index (χ1v) is 47.0. The number of ketones is 3. The summed E-state index contributed by atoms with van der Waals surface area (Å²) in [6.07, 6.45) is 5.45. The Balaban J connectivity index is 1.26. The summed E-state index contributed by atoms with van der Waals surface area (Å²) in [5.41, 5.74) is -0.770. The van der Waals surface area contributed by atoms with Crippen molar-refractivity contribution in [2.24, 2.45) is 23.2 Å². The molecule has 37 nitrogen and oxygen atoms in total. The maximum absolute atomic E-state index is 14.2. The number of alkyl carbamates (subject to hydrolysis) is 1. The Hall–Kier alpha value is -5.66. The molecular formula is C90H159N5O32. The minimum Gasteiger partial charge on any atom is -0.466 e. The van der Waals surface area contributed by atoms with Gasteiger partial charge in [-0.15, -0.1) is 0 Å². The first-order valence-electron chi connectivity index (χ1n) is 47.0. The number of Topliss-reactive ketones (excluding diaryl/α,β-unsaturated/α-hetero) is 3. The van der Waals surface area contributed by atoms with Crippen LogP contribution in [0, 0.1) is 23.2 Å². The van der Waals surface area contributed by atoms with Crippen LogP contribution in [0.25, 0.3) is 0 Å². The topological polar surface area (TPSA) is 524 Å². The maximum Gasteiger partial charge on any atom is 0.407 e. The molecule has 5 amide bonds. The van der Waals surface area contributed by atoms with E-state index in [1.54, 1.807) is 39.9 Å². The molecule has 0 radical (unpaired) electrons. The smallest absolute Gasteiger partial charge is 0.407 e. The fraction of sp³-hybridized carbons (Fsp3) is 0.889. The van der Waals surface area contributed by atoms with Gasteiger partial charge >= 0.3 is 18.0 Å². The van der Waals surface area contributed by atoms with Gasteiger partial charge in [0, 0.05) is 135 Å². The normalized spacial score (nSPS) is 24.6. The molecule has 4 aliphatic rings. The van der Waals surface area contributed by atoms with Crippen molar-refractivity contribution in [3.05, 3.63) is 0 Å². The molecule has 37 heteroatoms. The van der Waals surface area contributed by atoms with Crippen molar-refractivity contribution in [2.75, 3.05) is 139 Å². The zero-order chi connectivity index (χ0) is 93.0. The van der Waals surface area contributed by atoms with Gasteiger partial charge in [0.15, 0.2) is 24.7 Å². The quantitative estimate of drug-likeness (QED) is 0.0220. The van der Waals surface area contributed by atoms with Crippen LogP contribution in [-0.4, -0.2) is 335 Å². The maximum atomic E-state index is 14.2. The van der Waals surface area contributed by atoms with E-state index < -0.39 is 123 Å². The van der Waals surface area contributed by atoms with Gasteiger partial charge in [0.1, 0.15) is 54.8 Å². The lowest BCUT2D eigenvalue weighted by Crippen LogP contribution is -2.55. The Bertz CT molecular complexity index is 2810. The zero-order valence-corrected chi connectivity index (χ0v) is 76.5. The molecule has 4 rings (SSSR count). The lowest BCUT2D eigenvalue weighted by atomic mass is 9.71. The van der Waals surface area contributed by atoms with Gasteiger partial charge in [0.25, 0.3) is 0 Å². The number of rotatable bonds is 75. The number of carbonyl (C=O) groups is 10. The molecule has 4 fully saturated rings. The number of carbonyl (C=O) groups excluding carboxylic acids is 10. The average molecular weight is 1820 g/mol. The van der Waals surface area contributed by atoms with E-state index in [1.807, 2.05) is 0 Å². The molecule has 127 heavy (non-hydrogen) atoms. The minimum absolute atomic E-state index is 0.00917. The summed E-state index contributed by atoms with van der Waals surface area (Å²) >= 11 is 0. The Morgan fingerprint density at radius 2 is 0.772 bits per heavy atom. The second kappa shape index (κ2) is 68.4. The lowest BCUT2D eigenvalue weighted by molar-refractivity contribution is -0.282. The highest BCUT2D eigenvalue weighted by molar-refractivity contribution is 5.85. The molecule has 736 valence electrons. The van der Waals surface area contributed by atoms with Crippen molar-refractivity contribution in [3.8, 4) is 0 Å². The number of hydrogen-bond acceptors (Lipinski definition) is 32. The predicted octanol–water partition coefficient (Wildman–Crippen LogP) is 4.85. The molecule has 0 bridgehead atoms. The third-order valence-electron chi connectivity index (χ3n) is 24.0. The van der Waals surface area contributed by atoms with E-state index in [2.05, 4.69) is 21.3 Å². The monoisotopic (exact) mass is 1820 g/mol. The lowest BCUT2D eigenvalue weighted by Gasteiger charge is -2.40. The van der Waals surface area contributed by atoms with E-state index in [0.717, 1.165) is 70.6 Å². The van der Waals surface area contributed by atoms with Gasteiger partial charge in [-0.3, -0.25) is 43.2 Å². The number of nitrogens with zero attached hydrogens (tertiary/aromatic N) is 1. The highest BCUT2D eigenvalue weighted by Gasteiger charge is 2.45. The van der Waals surface area contributed by atoms with Crippen LogP contribution in [0.2, 0.25) is 0 Å². The van der Waals surface area contributed by atoms with Crippen LogP contribution in [0.5, 0.6) is 0 Å². The van der Waals surface area contributed by atoms with E-state index in [1.165, 1.54) is 0 Å². The van der Waals surface area contributed by atoms with Gasteiger partial charge in [-0.25, -0.2) is 4.79 Å². The Labute approximate surface area is 750 Å². The number of ether oxygens (including phenoxy) is 13. The highest BCUT2D eigenvalue weighted by atomic mass is 16.7. The van der Waals surface area contributed by atoms with Gasteiger partial charge < -0.3 is 134 Å². The number of methoxy groups -OCH3 is 2. The zero-order valence-electron chi connectivity index (χ0n) is 76.5. The average Bonchev–Trinajstić information content (AvgIpc) is 1.70. The molecule has 13 N–H and O–H groups in total. The molecule has 15 unspecified atom stereocenters. The molecule has 0 aliphatic carbocycles. The number of aliphatic hydroxyl groups is 9. The van der Waals surface area contributed by atoms with Crippen molar-refractivity contribution >= 4 is 59.0 Å². The van der Waals surface area contributed by atoms with Gasteiger partial charge in [0.2, 0.25) is 23.6 Å². The van der Waals surface area contributed by atoms with Crippen molar-refractivity contribution in [2.45, 2.75) is 351 Å². The van der Waals surface area contributed by atoms with Gasteiger partial charge in [-0.2, -0.15) is 0 Å². The van der Waals surface area contributed by atoms with E-state index in [9.17, 15) is 93.9 Å². The Morgan fingerprint density at radius 1 is 0.378 bits per heavy atom. The Kier molecular flexibility index (Phi) is 61.2. The Morgan fingerprint density at radius 3 is 1.24 bits per heavy atom. The summed E-state index contributed by atoms with van der Waals surface area (Å²) in [5.74, 6) is -3.19. The molecule has 4 saturated heterocycles. The van der Waals surface area contributed by atoms with E-state index in [-0.39, 0.29) is 189 Å². The SMILES string of the molecule is COC[C@H]1C[C@H](OC)CN1C(=O)CCCCC(=O)COCCOCCNC(=O)CCC(=O)CC(CCCOC(=O)CCCCCCCNC(=O)CCCOC1OC(CO)C(O)C(O)C1C)(CCCOC(=O)CCCCCCCNC(=O)CCCOC1OC(CO)C(O)C(O)C1C)CCCOC(=O)NCCCCCCCC(=O)CCCOC1OC(CO)C(O)C(O)C1C. The molecule has 0 aromatic rings. The molecule has 4 aliphatic heterocycles. The summed E-state index contributed by atoms with van der Waals surface area (Å²) < 4.78 is 73.0. The largest absolute Gasteiger partial charge is 0.466 e. The second-order valence-electron chi connectivity index (χ2n) is 34.5. The number of likely N-dealkylation sites (tertiary alicyclic amines) is 1. The van der Waals surface area contributed by atoms with Crippen LogP contribution in [-0.2, 0) is 105 Å². The van der Waals surface area contributed by atoms with E-state index in [0.29, 0.717) is 155 Å². The third-order valence-corrected chi connectivity index (χ3v) is 24.0. The third kappa shape index (κ3) is 48.0. The molecule has 0 aromatic heterocycles. The van der Waals surface area contributed by atoms with Gasteiger partial charge in [0.05, 0.1) is 116 Å². The summed E-state index contributed by atoms with van der Waals surface area (Å²) in [6.45, 7) is 7.06. The standard InChI is InChI=1S/C90H159N5O32/c1-63-80(108)83(111)71(58-96)125-86(63)121-46-23-31-67(99)29-15-9-6-14-22-44-94-89(114)124-51-28-41-90(39-26-49-119-78(106)35-16-10-7-12-20-42-91-74(102)32-24-47-122-87-64(2)81(109)84(112)72(59-97)126-87,40-27-50-120-79(107)36-17-11-8-13-21-43-92-75(103)33-25-48-123-88-65(3)82(110)85(113)73(60-98)127-88)56-68(100)37-38-76(104)93-45-52-117-53-54-118-62-69(101)30-18-19-34-77(105)95-57-70(116-5)55-66(95)61-115-4/h63-66,70-73,80-88,96-98,108-113H,6-62H2,1-5H3,(H,91,102)(H,92,103)(H,93,104)(H,94,114)/t63?,64?,65?,66-,70+,71?,72?,73?,80?,81?,82?,83?,84?,85?,86?,87?,88?,90?/m1/s1. The molecule has 4 heterocycles. The number of unbranched alkanes of at least 4 members (excludes halogenated alkanes) is 13. The summed E-state index contributed by atoms with van der Waals surface area (Å²) in [7, 11) is 3.23.